The molecule has 1 unspecified atom stereocenters. The van der Waals surface area contributed by atoms with Crippen LogP contribution in [0.3, 0.4) is 0 Å². The highest BCUT2D eigenvalue weighted by Crippen LogP contribution is 2.39. The average Bonchev–Trinajstić information content (AvgIpc) is 2.66. The second kappa shape index (κ2) is 8.25. The van der Waals surface area contributed by atoms with Gasteiger partial charge in [0.05, 0.1) is 18.8 Å². The molecule has 5 heteroatoms. The normalized spacial score (nSPS) is 24.0. The summed E-state index contributed by atoms with van der Waals surface area (Å²) >= 11 is 0. The average molecular weight is 387 g/mol. The van der Waals surface area contributed by atoms with Gasteiger partial charge in [-0.2, -0.15) is 0 Å². The van der Waals surface area contributed by atoms with E-state index in [-0.39, 0.29) is 17.7 Å². The first-order chi connectivity index (χ1) is 12.9. The summed E-state index contributed by atoms with van der Waals surface area (Å²) < 4.78 is 12.4. The summed E-state index contributed by atoms with van der Waals surface area (Å²) in [5.41, 5.74) is 0. The fraction of sp³-hybridized carbons (Fsp3) is 0.455. The van der Waals surface area contributed by atoms with Crippen LogP contribution in [-0.4, -0.2) is 43.6 Å². The van der Waals surface area contributed by atoms with Gasteiger partial charge in [-0.05, 0) is 15.4 Å². The van der Waals surface area contributed by atoms with E-state index >= 15 is 0 Å². The lowest BCUT2D eigenvalue weighted by atomic mass is 10.1. The number of rotatable bonds is 5. The van der Waals surface area contributed by atoms with Gasteiger partial charge < -0.3 is 19.4 Å². The maximum Gasteiger partial charge on any atom is 0.261 e. The molecule has 3 atom stereocenters. The number of aliphatic hydroxyl groups excluding tert-OH is 2. The zero-order valence-electron chi connectivity index (χ0n) is 16.3. The van der Waals surface area contributed by atoms with Crippen molar-refractivity contribution in [3.8, 4) is 0 Å². The summed E-state index contributed by atoms with van der Waals surface area (Å²) in [6, 6.07) is 20.9. The first-order valence-corrected chi connectivity index (χ1v) is 11.5. The van der Waals surface area contributed by atoms with Crippen LogP contribution >= 0.6 is 0 Å². The van der Waals surface area contributed by atoms with E-state index in [4.69, 9.17) is 9.16 Å². The molecular formula is C22H30O4Si. The van der Waals surface area contributed by atoms with Gasteiger partial charge in [-0.15, -0.1) is 0 Å². The SMILES string of the molecule is CC(C)(C)[Si](O[C@@H]1CC(O)O[C@H](CO)C1)(c1ccccc1)c1ccccc1. The van der Waals surface area contributed by atoms with Crippen molar-refractivity contribution in [1.29, 1.82) is 0 Å². The van der Waals surface area contributed by atoms with Crippen LogP contribution in [0, 0.1) is 0 Å². The standard InChI is InChI=1S/C22H30O4Si/c1-22(2,3)27(19-10-6-4-7-11-19,20-12-8-5-9-13-20)26-17-14-18(16-23)25-21(24)15-17/h4-13,17-18,21,23-24H,14-16H2,1-3H3/t17-,18-,21?/m0/s1. The lowest BCUT2D eigenvalue weighted by molar-refractivity contribution is -0.194. The Balaban J connectivity index is 2.09. The number of ether oxygens (including phenoxy) is 1. The van der Waals surface area contributed by atoms with E-state index in [2.05, 4.69) is 69.3 Å². The molecule has 0 amide bonds. The van der Waals surface area contributed by atoms with Gasteiger partial charge >= 0.3 is 0 Å². The van der Waals surface area contributed by atoms with Crippen molar-refractivity contribution in [1.82, 2.24) is 0 Å². The molecular weight excluding hydrogens is 356 g/mol. The quantitative estimate of drug-likeness (QED) is 0.775. The number of benzene rings is 2. The third-order valence-corrected chi connectivity index (χ3v) is 10.4. The molecule has 1 aliphatic heterocycles. The van der Waals surface area contributed by atoms with Crippen molar-refractivity contribution in [3.63, 3.8) is 0 Å². The van der Waals surface area contributed by atoms with Crippen LogP contribution in [0.15, 0.2) is 60.7 Å². The van der Waals surface area contributed by atoms with Crippen molar-refractivity contribution < 1.29 is 19.4 Å². The summed E-state index contributed by atoms with van der Waals surface area (Å²) in [6.07, 6.45) is -0.465. The van der Waals surface area contributed by atoms with Crippen molar-refractivity contribution in [2.75, 3.05) is 6.61 Å². The second-order valence-electron chi connectivity index (χ2n) is 8.27. The van der Waals surface area contributed by atoms with Crippen molar-refractivity contribution in [3.05, 3.63) is 60.7 Å². The van der Waals surface area contributed by atoms with Gasteiger partial charge in [0, 0.05) is 12.8 Å². The predicted octanol–water partition coefficient (Wildman–Crippen LogP) is 2.42. The van der Waals surface area contributed by atoms with Gasteiger partial charge in [-0.1, -0.05) is 81.4 Å². The van der Waals surface area contributed by atoms with Crippen LogP contribution in [0.25, 0.3) is 0 Å². The Morgan fingerprint density at radius 1 is 0.963 bits per heavy atom. The lowest BCUT2D eigenvalue weighted by Gasteiger charge is -2.46. The van der Waals surface area contributed by atoms with Crippen molar-refractivity contribution >= 4 is 18.7 Å². The highest BCUT2D eigenvalue weighted by molar-refractivity contribution is 6.99. The lowest BCUT2D eigenvalue weighted by Crippen LogP contribution is -2.68. The highest BCUT2D eigenvalue weighted by Gasteiger charge is 2.52. The van der Waals surface area contributed by atoms with Gasteiger partial charge in [0.15, 0.2) is 6.29 Å². The minimum absolute atomic E-state index is 0.113. The minimum atomic E-state index is -2.66. The summed E-state index contributed by atoms with van der Waals surface area (Å²) in [5, 5.41) is 22.0. The van der Waals surface area contributed by atoms with E-state index in [0.717, 1.165) is 0 Å². The first kappa shape index (κ1) is 20.2. The van der Waals surface area contributed by atoms with E-state index in [1.54, 1.807) is 0 Å². The van der Waals surface area contributed by atoms with Crippen LogP contribution in [0.5, 0.6) is 0 Å². The molecule has 146 valence electrons. The molecule has 1 aliphatic rings. The van der Waals surface area contributed by atoms with Gasteiger partial charge in [0.1, 0.15) is 0 Å². The second-order valence-corrected chi connectivity index (χ2v) is 12.5. The largest absolute Gasteiger partial charge is 0.404 e. The van der Waals surface area contributed by atoms with Crippen LogP contribution < -0.4 is 10.4 Å². The summed E-state index contributed by atoms with van der Waals surface area (Å²) in [5.74, 6) is 0. The molecule has 27 heavy (non-hydrogen) atoms. The summed E-state index contributed by atoms with van der Waals surface area (Å²) in [6.45, 7) is 6.59. The topological polar surface area (TPSA) is 58.9 Å². The molecule has 0 spiro atoms. The Morgan fingerprint density at radius 2 is 1.48 bits per heavy atom. The molecule has 1 heterocycles. The first-order valence-electron chi connectivity index (χ1n) is 9.60. The van der Waals surface area contributed by atoms with Crippen molar-refractivity contribution in [2.45, 2.75) is 57.1 Å². The predicted molar refractivity (Wildman–Crippen MR) is 110 cm³/mol. The van der Waals surface area contributed by atoms with Gasteiger partial charge in [0.2, 0.25) is 0 Å². The van der Waals surface area contributed by atoms with E-state index in [0.29, 0.717) is 12.8 Å². The number of hydrogen-bond donors (Lipinski definition) is 2. The maximum absolute atomic E-state index is 10.1. The Bertz CT molecular complexity index is 675. The van der Waals surface area contributed by atoms with E-state index < -0.39 is 20.7 Å². The molecule has 4 nitrogen and oxygen atoms in total. The van der Waals surface area contributed by atoms with Gasteiger partial charge in [-0.25, -0.2) is 0 Å². The zero-order chi connectivity index (χ0) is 19.5. The molecule has 0 aliphatic carbocycles. The summed E-state index contributed by atoms with van der Waals surface area (Å²) in [7, 11) is -2.66. The molecule has 0 radical (unpaired) electrons. The highest BCUT2D eigenvalue weighted by atomic mass is 28.4. The minimum Gasteiger partial charge on any atom is -0.404 e. The van der Waals surface area contributed by atoms with Crippen LogP contribution in [0.1, 0.15) is 33.6 Å². The molecule has 0 bridgehead atoms. The molecule has 2 N–H and O–H groups in total. The summed E-state index contributed by atoms with van der Waals surface area (Å²) in [4.78, 5) is 0. The monoisotopic (exact) mass is 386 g/mol. The number of aliphatic hydroxyl groups is 2. The van der Waals surface area contributed by atoms with E-state index in [1.165, 1.54) is 10.4 Å². The maximum atomic E-state index is 10.1. The smallest absolute Gasteiger partial charge is 0.261 e. The fourth-order valence-electron chi connectivity index (χ4n) is 4.10. The van der Waals surface area contributed by atoms with E-state index in [1.807, 2.05) is 12.1 Å². The Labute approximate surface area is 162 Å². The molecule has 0 aromatic heterocycles. The van der Waals surface area contributed by atoms with Crippen LogP contribution in [-0.2, 0) is 9.16 Å². The fourth-order valence-corrected chi connectivity index (χ4v) is 8.81. The third kappa shape index (κ3) is 4.17. The Hall–Kier alpha value is -1.50. The van der Waals surface area contributed by atoms with Gasteiger partial charge in [-0.3, -0.25) is 0 Å². The third-order valence-electron chi connectivity index (χ3n) is 5.30. The molecule has 1 saturated heterocycles. The molecule has 0 saturated carbocycles. The molecule has 2 aromatic rings. The van der Waals surface area contributed by atoms with Crippen molar-refractivity contribution in [2.24, 2.45) is 0 Å². The van der Waals surface area contributed by atoms with Gasteiger partial charge in [0.25, 0.3) is 8.32 Å². The van der Waals surface area contributed by atoms with E-state index in [9.17, 15) is 10.2 Å². The zero-order valence-corrected chi connectivity index (χ0v) is 17.3. The molecule has 1 fully saturated rings. The number of hydrogen-bond acceptors (Lipinski definition) is 4. The van der Waals surface area contributed by atoms with Crippen LogP contribution in [0.2, 0.25) is 5.04 Å². The Morgan fingerprint density at radius 3 is 1.93 bits per heavy atom. The van der Waals surface area contributed by atoms with Crippen LogP contribution in [0.4, 0.5) is 0 Å². The molecule has 2 aromatic carbocycles. The molecule has 3 rings (SSSR count). The Kier molecular flexibility index (Phi) is 6.18.